The summed E-state index contributed by atoms with van der Waals surface area (Å²) in [6, 6.07) is 22.7. The van der Waals surface area contributed by atoms with Crippen molar-refractivity contribution in [3.05, 3.63) is 60.7 Å². The fourth-order valence-corrected chi connectivity index (χ4v) is 11.0. The first kappa shape index (κ1) is 30.5. The van der Waals surface area contributed by atoms with E-state index in [4.69, 9.17) is 15.5 Å². The lowest BCUT2D eigenvalue weighted by atomic mass is 9.98. The van der Waals surface area contributed by atoms with Gasteiger partial charge >= 0.3 is 8.16 Å². The van der Waals surface area contributed by atoms with Crippen LogP contribution in [0.5, 0.6) is 0 Å². The number of nitrogens with zero attached hydrogens (tertiary/aromatic N) is 1. The number of benzene rings is 4. The first-order chi connectivity index (χ1) is 19.5. The van der Waals surface area contributed by atoms with Gasteiger partial charge in [0.2, 0.25) is 0 Å². The molecule has 7 heteroatoms. The van der Waals surface area contributed by atoms with Gasteiger partial charge in [0.25, 0.3) is 0 Å². The van der Waals surface area contributed by atoms with Gasteiger partial charge in [0.15, 0.2) is 11.2 Å². The van der Waals surface area contributed by atoms with Crippen LogP contribution >= 0.6 is 28.1 Å². The second-order valence-electron chi connectivity index (χ2n) is 11.9. The Kier molecular flexibility index (Phi) is 8.63. The number of fused-ring (bicyclic) bond motifs is 7. The average Bonchev–Trinajstić information content (AvgIpc) is 3.13. The predicted molar refractivity (Wildman–Crippen MR) is 191 cm³/mol. The van der Waals surface area contributed by atoms with Gasteiger partial charge in [-0.3, -0.25) is 9.88 Å². The van der Waals surface area contributed by atoms with Crippen LogP contribution < -0.4 is 4.67 Å². The summed E-state index contributed by atoms with van der Waals surface area (Å²) in [5.74, 6) is 3.07. The van der Waals surface area contributed by atoms with E-state index < -0.39 is 28.1 Å². The quantitative estimate of drug-likeness (QED) is 0.165. The molecule has 5 rings (SSSR count). The van der Waals surface area contributed by atoms with Crippen molar-refractivity contribution in [2.45, 2.75) is 70.3 Å². The zero-order valence-corrected chi connectivity index (χ0v) is 28.7. The molecule has 5 aromatic rings. The third kappa shape index (κ3) is 5.24. The molecule has 2 radical (unpaired) electrons. The molecule has 4 aromatic carbocycles. The van der Waals surface area contributed by atoms with Crippen LogP contribution in [0, 0.1) is 0 Å². The van der Waals surface area contributed by atoms with E-state index in [0.29, 0.717) is 0 Å². The average molecular weight is 606 g/mol. The van der Waals surface area contributed by atoms with Gasteiger partial charge in [-0.05, 0) is 91.1 Å². The summed E-state index contributed by atoms with van der Waals surface area (Å²) in [5.41, 5.74) is 1.92. The monoisotopic (exact) mass is 605 g/mol. The molecule has 2 unspecified atom stereocenters. The Labute approximate surface area is 251 Å². The normalized spacial score (nSPS) is 15.9. The third-order valence-electron chi connectivity index (χ3n) is 8.68. The van der Waals surface area contributed by atoms with Gasteiger partial charge in [-0.1, -0.05) is 69.3 Å². The molecular formula is C34H45BNO2PS2. The van der Waals surface area contributed by atoms with Crippen molar-refractivity contribution < 1.29 is 8.39 Å². The number of rotatable bonds is 8. The van der Waals surface area contributed by atoms with Gasteiger partial charge in [0.1, 0.15) is 7.12 Å². The molecular weight excluding hydrogens is 560 g/mol. The second kappa shape index (κ2) is 11.6. The molecule has 218 valence electrons. The van der Waals surface area contributed by atoms with E-state index in [9.17, 15) is 0 Å². The van der Waals surface area contributed by atoms with Crippen LogP contribution in [0.2, 0.25) is 0 Å². The Bertz CT molecular complexity index is 1770. The summed E-state index contributed by atoms with van der Waals surface area (Å²) in [6.07, 6.45) is 4.67. The summed E-state index contributed by atoms with van der Waals surface area (Å²) < 4.78 is 17.0. The highest BCUT2D eigenvalue weighted by Crippen LogP contribution is 2.59. The van der Waals surface area contributed by atoms with Crippen molar-refractivity contribution in [1.82, 2.24) is 0 Å². The van der Waals surface area contributed by atoms with Crippen LogP contribution in [0.3, 0.4) is 0 Å². The van der Waals surface area contributed by atoms with Gasteiger partial charge in [0, 0.05) is 32.6 Å². The van der Waals surface area contributed by atoms with Crippen LogP contribution in [0.4, 0.5) is 0 Å². The largest absolute Gasteiger partial charge is 0.407 e. The zero-order chi connectivity index (χ0) is 29.7. The minimum Gasteiger partial charge on any atom is -0.407 e. The molecule has 1 aromatic heterocycles. The number of hydrogen-bond donors (Lipinski definition) is 0. The van der Waals surface area contributed by atoms with Gasteiger partial charge < -0.3 is 8.39 Å². The Hall–Kier alpha value is -1.98. The maximum Gasteiger partial charge on any atom is 0.310 e. The molecule has 0 N–H and O–H groups in total. The molecule has 0 aliphatic carbocycles. The first-order valence-corrected chi connectivity index (χ1v) is 20.6. The molecule has 0 amide bonds. The molecule has 0 spiro atoms. The topological polar surface area (TPSA) is 29.5 Å². The molecule has 0 aliphatic rings. The predicted octanol–water partition coefficient (Wildman–Crippen LogP) is 11.1. The summed E-state index contributed by atoms with van der Waals surface area (Å²) in [7, 11) is 2.95. The molecule has 0 bridgehead atoms. The minimum absolute atomic E-state index is 0.248. The van der Waals surface area contributed by atoms with Crippen molar-refractivity contribution in [3.8, 4) is 0 Å². The third-order valence-corrected chi connectivity index (χ3v) is 17.1. The van der Waals surface area contributed by atoms with Gasteiger partial charge in [0.05, 0.1) is 0 Å². The van der Waals surface area contributed by atoms with Crippen LogP contribution in [0.1, 0.15) is 48.5 Å². The van der Waals surface area contributed by atoms with Crippen LogP contribution in [-0.4, -0.2) is 49.0 Å². The van der Waals surface area contributed by atoms with E-state index in [-0.39, 0.29) is 12.1 Å². The lowest BCUT2D eigenvalue weighted by Crippen LogP contribution is -2.34. The first-order valence-electron chi connectivity index (χ1n) is 14.8. The highest BCUT2D eigenvalue weighted by Gasteiger charge is 2.29. The Morgan fingerprint density at radius 1 is 0.707 bits per heavy atom. The van der Waals surface area contributed by atoms with E-state index in [1.165, 1.54) is 26.4 Å². The molecule has 1 heterocycles. The molecule has 2 atom stereocenters. The zero-order valence-electron chi connectivity index (χ0n) is 26.2. The van der Waals surface area contributed by atoms with E-state index in [2.05, 4.69) is 126 Å². The Morgan fingerprint density at radius 2 is 1.15 bits per heavy atom. The van der Waals surface area contributed by atoms with Crippen LogP contribution in [0.15, 0.2) is 78.8 Å². The Morgan fingerprint density at radius 3 is 1.59 bits per heavy atom. The van der Waals surface area contributed by atoms with Crippen molar-refractivity contribution in [2.75, 3.05) is 34.4 Å². The molecule has 3 nitrogen and oxygen atoms in total. The molecule has 0 saturated carbocycles. The molecule has 0 saturated heterocycles. The van der Waals surface area contributed by atoms with Gasteiger partial charge in [-0.2, -0.15) is 4.67 Å². The van der Waals surface area contributed by atoms with E-state index >= 15 is 0 Å². The highest BCUT2D eigenvalue weighted by molar-refractivity contribution is 8.49. The van der Waals surface area contributed by atoms with Gasteiger partial charge in [-0.15, -0.1) is 0 Å². The van der Waals surface area contributed by atoms with Crippen LogP contribution in [0.25, 0.3) is 43.5 Å². The molecule has 0 aliphatic heterocycles. The van der Waals surface area contributed by atoms with Crippen LogP contribution in [-0.2, 0) is 0 Å². The minimum atomic E-state index is -1.62. The van der Waals surface area contributed by atoms with Crippen molar-refractivity contribution in [3.63, 3.8) is 0 Å². The fraction of sp³-hybridized carbons (Fsp3) is 0.412. The van der Waals surface area contributed by atoms with Crippen molar-refractivity contribution in [1.29, 1.82) is 0 Å². The summed E-state index contributed by atoms with van der Waals surface area (Å²) >= 11 is 0. The maximum atomic E-state index is 7.32. The lowest BCUT2D eigenvalue weighted by Gasteiger charge is -2.34. The summed E-state index contributed by atoms with van der Waals surface area (Å²) in [5, 5.41) is 7.13. The smallest absolute Gasteiger partial charge is 0.310 e. The second-order valence-corrected chi connectivity index (χ2v) is 20.7. The number of hydrogen-bond acceptors (Lipinski definition) is 3. The fourth-order valence-electron chi connectivity index (χ4n) is 5.91. The molecule has 0 fully saturated rings. The SMILES string of the molecule is [B]S(C)(CC)c1cc2ccccc2c2c1op(N(C(C)C)C(C)C)oc1c(S(C)(CC)CC)cc3ccccc3c12. The standard InChI is InChI=1S/C34H45BNO2PS2/c1-10-40(8,11-2)29-21-25-17-13-15-19-27(25)31-32-28-20-16-14-18-26(28)22-30(41(9,35)12-3)34(32)38-39(37-33(29)31)36(23(4)5)24(6)7/h13-24H,10-12H2,1-9H3. The van der Waals surface area contributed by atoms with Crippen molar-refractivity contribution >= 4 is 78.7 Å². The van der Waals surface area contributed by atoms with E-state index in [0.717, 1.165) is 44.1 Å². The lowest BCUT2D eigenvalue weighted by molar-refractivity contribution is 0.567. The van der Waals surface area contributed by atoms with E-state index in [1.807, 2.05) is 0 Å². The Balaban J connectivity index is 2.23. The van der Waals surface area contributed by atoms with E-state index in [1.54, 1.807) is 0 Å². The molecule has 41 heavy (non-hydrogen) atoms. The maximum absolute atomic E-state index is 7.32. The van der Waals surface area contributed by atoms with Gasteiger partial charge in [-0.25, -0.2) is 10.0 Å². The highest BCUT2D eigenvalue weighted by atomic mass is 32.3. The van der Waals surface area contributed by atoms with Crippen molar-refractivity contribution in [2.24, 2.45) is 0 Å². The summed E-state index contributed by atoms with van der Waals surface area (Å²) in [4.78, 5) is 2.47. The summed E-state index contributed by atoms with van der Waals surface area (Å²) in [6.45, 7) is 15.8.